The van der Waals surface area contributed by atoms with Crippen molar-refractivity contribution in [2.75, 3.05) is 13.6 Å². The molecule has 118 valence electrons. The maximum atomic E-state index is 12.1. The molecule has 2 aromatic heterocycles. The number of benzene rings is 1. The lowest BCUT2D eigenvalue weighted by Crippen LogP contribution is -2.37. The summed E-state index contributed by atoms with van der Waals surface area (Å²) < 4.78 is 1.15. The number of hydrogen-bond acceptors (Lipinski definition) is 4. The molecular formula is C17H18N4OS. The van der Waals surface area contributed by atoms with Gasteiger partial charge >= 0.3 is 6.03 Å². The van der Waals surface area contributed by atoms with Crippen LogP contribution in [0.2, 0.25) is 0 Å². The standard InChI is InChI=1S/C17H18N4OS/c1-21(12-16-20-14-6-2-3-7-15(14)23-16)17(22)19-10-8-13-5-4-9-18-11-13/h2-7,9,11H,8,10,12H2,1H3,(H,19,22). The highest BCUT2D eigenvalue weighted by atomic mass is 32.1. The highest BCUT2D eigenvalue weighted by Gasteiger charge is 2.11. The van der Waals surface area contributed by atoms with Crippen molar-refractivity contribution < 1.29 is 4.79 Å². The lowest BCUT2D eigenvalue weighted by atomic mass is 10.2. The predicted molar refractivity (Wildman–Crippen MR) is 92.4 cm³/mol. The summed E-state index contributed by atoms with van der Waals surface area (Å²) in [6, 6.07) is 11.8. The molecule has 2 heterocycles. The minimum Gasteiger partial charge on any atom is -0.338 e. The Balaban J connectivity index is 1.51. The topological polar surface area (TPSA) is 58.1 Å². The molecule has 0 bridgehead atoms. The third-order valence-corrected chi connectivity index (χ3v) is 4.49. The first-order valence-electron chi connectivity index (χ1n) is 7.45. The van der Waals surface area contributed by atoms with E-state index in [1.54, 1.807) is 29.5 Å². The zero-order chi connectivity index (χ0) is 16.1. The molecule has 0 aliphatic heterocycles. The monoisotopic (exact) mass is 326 g/mol. The lowest BCUT2D eigenvalue weighted by Gasteiger charge is -2.16. The predicted octanol–water partition coefficient (Wildman–Crippen LogP) is 3.08. The van der Waals surface area contributed by atoms with E-state index in [0.717, 1.165) is 27.2 Å². The largest absolute Gasteiger partial charge is 0.338 e. The Labute approximate surface area is 139 Å². The number of thiazole rings is 1. The summed E-state index contributed by atoms with van der Waals surface area (Å²) in [5, 5.41) is 3.86. The van der Waals surface area contributed by atoms with Crippen LogP contribution in [0, 0.1) is 0 Å². The van der Waals surface area contributed by atoms with Gasteiger partial charge in [-0.3, -0.25) is 4.98 Å². The smallest absolute Gasteiger partial charge is 0.317 e. The van der Waals surface area contributed by atoms with Gasteiger partial charge in [-0.2, -0.15) is 0 Å². The van der Waals surface area contributed by atoms with Gasteiger partial charge in [0.2, 0.25) is 0 Å². The molecule has 0 unspecified atom stereocenters. The second-order valence-electron chi connectivity index (χ2n) is 5.27. The van der Waals surface area contributed by atoms with Crippen LogP contribution in [0.3, 0.4) is 0 Å². The molecule has 1 N–H and O–H groups in total. The van der Waals surface area contributed by atoms with E-state index in [2.05, 4.69) is 15.3 Å². The van der Waals surface area contributed by atoms with Crippen molar-refractivity contribution in [3.63, 3.8) is 0 Å². The summed E-state index contributed by atoms with van der Waals surface area (Å²) in [5.41, 5.74) is 2.10. The molecule has 23 heavy (non-hydrogen) atoms. The van der Waals surface area contributed by atoms with Gasteiger partial charge < -0.3 is 10.2 Å². The Morgan fingerprint density at radius 2 is 2.13 bits per heavy atom. The maximum absolute atomic E-state index is 12.1. The maximum Gasteiger partial charge on any atom is 0.317 e. The Kier molecular flexibility index (Phi) is 4.83. The first kappa shape index (κ1) is 15.4. The van der Waals surface area contributed by atoms with E-state index < -0.39 is 0 Å². The Morgan fingerprint density at radius 1 is 1.26 bits per heavy atom. The van der Waals surface area contributed by atoms with E-state index in [1.165, 1.54) is 0 Å². The van der Waals surface area contributed by atoms with Crippen molar-refractivity contribution in [3.8, 4) is 0 Å². The molecule has 1 aromatic carbocycles. The van der Waals surface area contributed by atoms with Crippen molar-refractivity contribution >= 4 is 27.6 Å². The Morgan fingerprint density at radius 3 is 2.91 bits per heavy atom. The van der Waals surface area contributed by atoms with Crippen molar-refractivity contribution in [1.82, 2.24) is 20.2 Å². The zero-order valence-corrected chi connectivity index (χ0v) is 13.7. The number of pyridine rings is 1. The van der Waals surface area contributed by atoms with Gasteiger partial charge in [-0.15, -0.1) is 11.3 Å². The first-order chi connectivity index (χ1) is 11.2. The fourth-order valence-electron chi connectivity index (χ4n) is 2.26. The molecule has 0 fully saturated rings. The Hall–Kier alpha value is -2.47. The molecule has 0 saturated carbocycles. The summed E-state index contributed by atoms with van der Waals surface area (Å²) in [4.78, 5) is 22.4. The summed E-state index contributed by atoms with van der Waals surface area (Å²) >= 11 is 1.62. The first-order valence-corrected chi connectivity index (χ1v) is 8.26. The van der Waals surface area contributed by atoms with E-state index in [9.17, 15) is 4.79 Å². The van der Waals surface area contributed by atoms with Gasteiger partial charge in [0.1, 0.15) is 5.01 Å². The molecule has 3 rings (SSSR count). The number of amides is 2. The van der Waals surface area contributed by atoms with Crippen molar-refractivity contribution in [2.45, 2.75) is 13.0 Å². The van der Waals surface area contributed by atoms with E-state index in [4.69, 9.17) is 0 Å². The molecule has 0 saturated heterocycles. The number of carbonyl (C=O) groups is 1. The normalized spacial score (nSPS) is 10.7. The third kappa shape index (κ3) is 4.04. The number of nitrogens with one attached hydrogen (secondary N) is 1. The average molecular weight is 326 g/mol. The van der Waals surface area contributed by atoms with Crippen LogP contribution in [0.4, 0.5) is 4.79 Å². The molecule has 3 aromatic rings. The SMILES string of the molecule is CN(Cc1nc2ccccc2s1)C(=O)NCCc1cccnc1. The van der Waals surface area contributed by atoms with Crippen LogP contribution in [0.1, 0.15) is 10.6 Å². The van der Waals surface area contributed by atoms with Gasteiger partial charge in [0.15, 0.2) is 0 Å². The summed E-state index contributed by atoms with van der Waals surface area (Å²) in [5.74, 6) is 0. The fourth-order valence-corrected chi connectivity index (χ4v) is 3.28. The fraction of sp³-hybridized carbons (Fsp3) is 0.235. The van der Waals surface area contributed by atoms with Crippen LogP contribution in [0.15, 0.2) is 48.8 Å². The van der Waals surface area contributed by atoms with E-state index >= 15 is 0 Å². The zero-order valence-electron chi connectivity index (χ0n) is 12.9. The molecule has 0 aliphatic carbocycles. The number of hydrogen-bond donors (Lipinski definition) is 1. The lowest BCUT2D eigenvalue weighted by molar-refractivity contribution is 0.207. The number of para-hydroxylation sites is 1. The highest BCUT2D eigenvalue weighted by molar-refractivity contribution is 7.18. The van der Waals surface area contributed by atoms with E-state index in [0.29, 0.717) is 13.1 Å². The number of urea groups is 1. The molecule has 6 heteroatoms. The second-order valence-corrected chi connectivity index (χ2v) is 6.39. The minimum absolute atomic E-state index is 0.0897. The van der Waals surface area contributed by atoms with Crippen molar-refractivity contribution in [3.05, 3.63) is 59.4 Å². The summed E-state index contributed by atoms with van der Waals surface area (Å²) in [7, 11) is 1.78. The number of nitrogens with zero attached hydrogens (tertiary/aromatic N) is 3. The molecule has 0 spiro atoms. The molecule has 0 radical (unpaired) electrons. The molecule has 2 amide bonds. The molecule has 5 nitrogen and oxygen atoms in total. The average Bonchev–Trinajstić information content (AvgIpc) is 2.98. The quantitative estimate of drug-likeness (QED) is 0.784. The highest BCUT2D eigenvalue weighted by Crippen LogP contribution is 2.22. The number of fused-ring (bicyclic) bond motifs is 1. The molecular weight excluding hydrogens is 308 g/mol. The number of carbonyl (C=O) groups excluding carboxylic acids is 1. The van der Waals surface area contributed by atoms with E-state index in [1.807, 2.05) is 42.6 Å². The van der Waals surface area contributed by atoms with Gasteiger partial charge in [0, 0.05) is 26.0 Å². The van der Waals surface area contributed by atoms with Crippen molar-refractivity contribution in [2.24, 2.45) is 0 Å². The molecule has 0 aliphatic rings. The van der Waals surface area contributed by atoms with Crippen LogP contribution in [-0.4, -0.2) is 34.5 Å². The van der Waals surface area contributed by atoms with Crippen LogP contribution in [-0.2, 0) is 13.0 Å². The van der Waals surface area contributed by atoms with Gasteiger partial charge in [-0.05, 0) is 30.2 Å². The van der Waals surface area contributed by atoms with Gasteiger partial charge in [0.05, 0.1) is 16.8 Å². The summed E-state index contributed by atoms with van der Waals surface area (Å²) in [6.07, 6.45) is 4.33. The third-order valence-electron chi connectivity index (χ3n) is 3.47. The van der Waals surface area contributed by atoms with Gasteiger partial charge in [0.25, 0.3) is 0 Å². The van der Waals surface area contributed by atoms with Crippen LogP contribution >= 0.6 is 11.3 Å². The van der Waals surface area contributed by atoms with E-state index in [-0.39, 0.29) is 6.03 Å². The van der Waals surface area contributed by atoms with Crippen molar-refractivity contribution in [1.29, 1.82) is 0 Å². The minimum atomic E-state index is -0.0897. The molecule has 0 atom stereocenters. The summed E-state index contributed by atoms with van der Waals surface area (Å²) in [6.45, 7) is 1.10. The van der Waals surface area contributed by atoms with Crippen LogP contribution < -0.4 is 5.32 Å². The van der Waals surface area contributed by atoms with Crippen LogP contribution in [0.25, 0.3) is 10.2 Å². The van der Waals surface area contributed by atoms with Gasteiger partial charge in [-0.25, -0.2) is 9.78 Å². The number of aromatic nitrogens is 2. The second kappa shape index (κ2) is 7.19. The Bertz CT molecular complexity index is 754. The van der Waals surface area contributed by atoms with Crippen LogP contribution in [0.5, 0.6) is 0 Å². The van der Waals surface area contributed by atoms with Gasteiger partial charge in [-0.1, -0.05) is 18.2 Å². The number of rotatable bonds is 5.